The molecule has 1 aliphatic heterocycles. The van der Waals surface area contributed by atoms with Gasteiger partial charge in [0.05, 0.1) is 6.61 Å². The van der Waals surface area contributed by atoms with Crippen molar-refractivity contribution in [1.29, 1.82) is 0 Å². The van der Waals surface area contributed by atoms with Gasteiger partial charge in [0, 0.05) is 31.4 Å². The van der Waals surface area contributed by atoms with Crippen LogP contribution in [0.5, 0.6) is 5.75 Å². The molecule has 0 N–H and O–H groups in total. The van der Waals surface area contributed by atoms with Crippen LogP contribution in [0, 0.1) is 5.92 Å². The Morgan fingerprint density at radius 2 is 2.17 bits per heavy atom. The standard InChI is InChI=1S/C19H25N3O2/c1-2-18(22-13-7-11-20-22)19(23)21-12-6-8-16(14-21)15-24-17-9-4-3-5-10-17/h3-5,7,9-11,13,16,18H,2,6,8,12,14-15H2,1H3. The molecule has 128 valence electrons. The molecule has 1 saturated heterocycles. The minimum absolute atomic E-state index is 0.172. The van der Waals surface area contributed by atoms with E-state index in [2.05, 4.69) is 5.10 Å². The molecule has 0 radical (unpaired) electrons. The highest BCUT2D eigenvalue weighted by Crippen LogP contribution is 2.22. The second-order valence-electron chi connectivity index (χ2n) is 6.33. The van der Waals surface area contributed by atoms with Crippen LogP contribution in [0.1, 0.15) is 32.2 Å². The third kappa shape index (κ3) is 3.96. The molecule has 1 aromatic heterocycles. The van der Waals surface area contributed by atoms with Crippen molar-refractivity contribution in [2.24, 2.45) is 5.92 Å². The van der Waals surface area contributed by atoms with Gasteiger partial charge in [-0.15, -0.1) is 0 Å². The highest BCUT2D eigenvalue weighted by Gasteiger charge is 2.29. The third-order valence-electron chi connectivity index (χ3n) is 4.58. The van der Waals surface area contributed by atoms with Crippen molar-refractivity contribution in [3.8, 4) is 5.75 Å². The number of hydrogen-bond acceptors (Lipinski definition) is 3. The number of carbonyl (C=O) groups excluding carboxylic acids is 1. The highest BCUT2D eigenvalue weighted by atomic mass is 16.5. The summed E-state index contributed by atoms with van der Waals surface area (Å²) in [5, 5.41) is 4.24. The van der Waals surface area contributed by atoms with E-state index in [0.29, 0.717) is 12.5 Å². The summed E-state index contributed by atoms with van der Waals surface area (Å²) in [6, 6.07) is 11.5. The van der Waals surface area contributed by atoms with Crippen LogP contribution in [-0.2, 0) is 4.79 Å². The van der Waals surface area contributed by atoms with E-state index in [-0.39, 0.29) is 11.9 Å². The van der Waals surface area contributed by atoms with Crippen LogP contribution < -0.4 is 4.74 Å². The predicted molar refractivity (Wildman–Crippen MR) is 92.8 cm³/mol. The number of nitrogens with zero attached hydrogens (tertiary/aromatic N) is 3. The van der Waals surface area contributed by atoms with Gasteiger partial charge in [0.25, 0.3) is 0 Å². The van der Waals surface area contributed by atoms with Crippen LogP contribution in [0.4, 0.5) is 0 Å². The molecule has 5 heteroatoms. The fraction of sp³-hybridized carbons (Fsp3) is 0.474. The zero-order valence-electron chi connectivity index (χ0n) is 14.2. The lowest BCUT2D eigenvalue weighted by Gasteiger charge is -2.34. The average Bonchev–Trinajstić information content (AvgIpc) is 3.16. The van der Waals surface area contributed by atoms with E-state index >= 15 is 0 Å². The van der Waals surface area contributed by atoms with Crippen molar-refractivity contribution in [2.45, 2.75) is 32.2 Å². The lowest BCUT2D eigenvalue weighted by Crippen LogP contribution is -2.44. The SMILES string of the molecule is CCC(C(=O)N1CCCC(COc2ccccc2)C1)n1cccn1. The molecule has 24 heavy (non-hydrogen) atoms. The van der Waals surface area contributed by atoms with Gasteiger partial charge in [0.1, 0.15) is 11.8 Å². The highest BCUT2D eigenvalue weighted by molar-refractivity contribution is 5.80. The number of benzene rings is 1. The molecule has 1 aromatic carbocycles. The fourth-order valence-corrected chi connectivity index (χ4v) is 3.28. The van der Waals surface area contributed by atoms with E-state index < -0.39 is 0 Å². The van der Waals surface area contributed by atoms with Crippen LogP contribution in [0.25, 0.3) is 0 Å². The van der Waals surface area contributed by atoms with Crippen LogP contribution in [-0.4, -0.2) is 40.3 Å². The van der Waals surface area contributed by atoms with Crippen LogP contribution in [0.3, 0.4) is 0 Å². The molecule has 2 aromatic rings. The molecule has 2 unspecified atom stereocenters. The molecule has 2 heterocycles. The predicted octanol–water partition coefficient (Wildman–Crippen LogP) is 3.15. The minimum atomic E-state index is -0.200. The van der Waals surface area contributed by atoms with Crippen LogP contribution >= 0.6 is 0 Å². The Kier molecular flexibility index (Phi) is 5.51. The molecule has 1 amide bonds. The summed E-state index contributed by atoms with van der Waals surface area (Å²) in [6.45, 7) is 4.29. The molecule has 1 aliphatic rings. The maximum absolute atomic E-state index is 12.9. The summed E-state index contributed by atoms with van der Waals surface area (Å²) in [4.78, 5) is 14.9. The van der Waals surface area contributed by atoms with Gasteiger partial charge >= 0.3 is 0 Å². The first-order valence-corrected chi connectivity index (χ1v) is 8.73. The number of hydrogen-bond donors (Lipinski definition) is 0. The molecule has 1 fully saturated rings. The number of para-hydroxylation sites is 1. The quantitative estimate of drug-likeness (QED) is 0.819. The second-order valence-corrected chi connectivity index (χ2v) is 6.33. The summed E-state index contributed by atoms with van der Waals surface area (Å²) < 4.78 is 7.65. The zero-order valence-corrected chi connectivity index (χ0v) is 14.2. The molecule has 0 spiro atoms. The maximum Gasteiger partial charge on any atom is 0.247 e. The van der Waals surface area contributed by atoms with Crippen molar-refractivity contribution in [3.05, 3.63) is 48.8 Å². The van der Waals surface area contributed by atoms with Crippen molar-refractivity contribution >= 4 is 5.91 Å². The number of ether oxygens (including phenoxy) is 1. The van der Waals surface area contributed by atoms with Crippen molar-refractivity contribution in [3.63, 3.8) is 0 Å². The molecule has 0 saturated carbocycles. The van der Waals surface area contributed by atoms with Gasteiger partial charge in [-0.05, 0) is 37.5 Å². The van der Waals surface area contributed by atoms with E-state index in [0.717, 1.165) is 38.1 Å². The maximum atomic E-state index is 12.9. The van der Waals surface area contributed by atoms with E-state index in [1.165, 1.54) is 0 Å². The van der Waals surface area contributed by atoms with Crippen LogP contribution in [0.2, 0.25) is 0 Å². The van der Waals surface area contributed by atoms with Gasteiger partial charge in [0.2, 0.25) is 5.91 Å². The van der Waals surface area contributed by atoms with Gasteiger partial charge in [-0.2, -0.15) is 5.10 Å². The van der Waals surface area contributed by atoms with Crippen LogP contribution in [0.15, 0.2) is 48.8 Å². The fourth-order valence-electron chi connectivity index (χ4n) is 3.28. The molecule has 5 nitrogen and oxygen atoms in total. The Balaban J connectivity index is 1.57. The smallest absolute Gasteiger partial charge is 0.247 e. The summed E-state index contributed by atoms with van der Waals surface area (Å²) in [5.74, 6) is 1.45. The number of aromatic nitrogens is 2. The van der Waals surface area contributed by atoms with Crippen molar-refractivity contribution in [1.82, 2.24) is 14.7 Å². The zero-order chi connectivity index (χ0) is 16.8. The lowest BCUT2D eigenvalue weighted by molar-refractivity contribution is -0.137. The van der Waals surface area contributed by atoms with E-state index in [1.54, 1.807) is 10.9 Å². The number of amides is 1. The summed E-state index contributed by atoms with van der Waals surface area (Å²) in [7, 11) is 0. The Labute approximate surface area is 143 Å². The molecule has 3 rings (SSSR count). The minimum Gasteiger partial charge on any atom is -0.493 e. The van der Waals surface area contributed by atoms with E-state index in [9.17, 15) is 4.79 Å². The first-order valence-electron chi connectivity index (χ1n) is 8.73. The van der Waals surface area contributed by atoms with Gasteiger partial charge in [0.15, 0.2) is 0 Å². The Hall–Kier alpha value is -2.30. The molecule has 0 bridgehead atoms. The Morgan fingerprint density at radius 1 is 1.33 bits per heavy atom. The average molecular weight is 327 g/mol. The molecule has 0 aliphatic carbocycles. The summed E-state index contributed by atoms with van der Waals surface area (Å²) in [5.41, 5.74) is 0. The first-order chi connectivity index (χ1) is 11.8. The van der Waals surface area contributed by atoms with E-state index in [4.69, 9.17) is 4.74 Å². The largest absolute Gasteiger partial charge is 0.493 e. The van der Waals surface area contributed by atoms with Crippen molar-refractivity contribution in [2.75, 3.05) is 19.7 Å². The van der Waals surface area contributed by atoms with Gasteiger partial charge < -0.3 is 9.64 Å². The van der Waals surface area contributed by atoms with Gasteiger partial charge in [-0.25, -0.2) is 0 Å². The Morgan fingerprint density at radius 3 is 2.88 bits per heavy atom. The molecular formula is C19H25N3O2. The first kappa shape index (κ1) is 16.6. The Bertz CT molecular complexity index is 627. The van der Waals surface area contributed by atoms with Gasteiger partial charge in [-0.1, -0.05) is 25.1 Å². The number of likely N-dealkylation sites (tertiary alicyclic amines) is 1. The third-order valence-corrected chi connectivity index (χ3v) is 4.58. The van der Waals surface area contributed by atoms with E-state index in [1.807, 2.05) is 54.4 Å². The normalized spacial score (nSPS) is 19.0. The topological polar surface area (TPSA) is 47.4 Å². The summed E-state index contributed by atoms with van der Waals surface area (Å²) in [6.07, 6.45) is 6.48. The van der Waals surface area contributed by atoms with Crippen molar-refractivity contribution < 1.29 is 9.53 Å². The lowest BCUT2D eigenvalue weighted by atomic mass is 9.98. The molecular weight excluding hydrogens is 302 g/mol. The van der Waals surface area contributed by atoms with Gasteiger partial charge in [-0.3, -0.25) is 9.48 Å². The second kappa shape index (κ2) is 7.99. The monoisotopic (exact) mass is 327 g/mol. The molecule has 2 atom stereocenters. The number of carbonyl (C=O) groups is 1. The number of rotatable bonds is 6. The number of piperidine rings is 1. The summed E-state index contributed by atoms with van der Waals surface area (Å²) >= 11 is 0.